The van der Waals surface area contributed by atoms with E-state index in [-0.39, 0.29) is 6.61 Å². The molecule has 0 bridgehead atoms. The smallest absolute Gasteiger partial charge is 0.303 e. The Kier molecular flexibility index (Phi) is 6.85. The number of hydrogen-bond acceptors (Lipinski definition) is 11. The molecule has 0 amide bonds. The minimum atomic E-state index is -0.838. The Bertz CT molecular complexity index is 778. The van der Waals surface area contributed by atoms with Crippen LogP contribution in [0.1, 0.15) is 41.5 Å². The first-order chi connectivity index (χ1) is 15.4. The van der Waals surface area contributed by atoms with E-state index < -0.39 is 72.7 Å². The van der Waals surface area contributed by atoms with Gasteiger partial charge in [0.2, 0.25) is 0 Å². The molecule has 4 heterocycles. The molecule has 0 aromatic carbocycles. The molecule has 0 aromatic rings. The highest BCUT2D eigenvalue weighted by Crippen LogP contribution is 2.42. The first kappa shape index (κ1) is 24.5. The SMILES string of the molecule is CC(=O)OC[C@H]1O[C@@H](O[C@@H]2[C@H]3OC(C)(C)O[C@H]3O[C@@H]2[C@H]2COC(C)(C)O2)C=C[C@@H]1OC(C)=O. The maximum absolute atomic E-state index is 11.5. The number of carbonyl (C=O) groups is 2. The molecular weight excluding hydrogens is 440 g/mol. The molecule has 11 nitrogen and oxygen atoms in total. The van der Waals surface area contributed by atoms with Gasteiger partial charge in [0, 0.05) is 13.8 Å². The van der Waals surface area contributed by atoms with Crippen LogP contribution in [0.4, 0.5) is 0 Å². The standard InChI is InChI=1S/C22H32O11/c1-11(23)25-9-14-13(27-12(2)24)7-8-16(28-14)29-18-17(15-10-26-21(3,4)31-15)30-20-19(18)32-22(5,6)33-20/h7-8,13-20H,9-10H2,1-6H3/t13-,14+,15+,16-,17+,18-,19+,20+/m0/s1. The molecule has 4 aliphatic rings. The minimum Gasteiger partial charge on any atom is -0.463 e. The second kappa shape index (κ2) is 9.21. The molecule has 0 aliphatic carbocycles. The average Bonchev–Trinajstić information content (AvgIpc) is 3.31. The van der Waals surface area contributed by atoms with E-state index in [9.17, 15) is 9.59 Å². The number of hydrogen-bond donors (Lipinski definition) is 0. The van der Waals surface area contributed by atoms with E-state index in [0.717, 1.165) is 0 Å². The summed E-state index contributed by atoms with van der Waals surface area (Å²) in [5, 5.41) is 0. The lowest BCUT2D eigenvalue weighted by molar-refractivity contribution is -0.260. The summed E-state index contributed by atoms with van der Waals surface area (Å²) < 4.78 is 52.4. The molecule has 0 unspecified atom stereocenters. The Labute approximate surface area is 192 Å². The number of fused-ring (bicyclic) bond motifs is 1. The van der Waals surface area contributed by atoms with Crippen molar-refractivity contribution in [2.45, 2.75) is 102 Å². The quantitative estimate of drug-likeness (QED) is 0.410. The van der Waals surface area contributed by atoms with Crippen LogP contribution in [0, 0.1) is 0 Å². The predicted octanol–water partition coefficient (Wildman–Crippen LogP) is 1.18. The van der Waals surface area contributed by atoms with Crippen LogP contribution in [0.25, 0.3) is 0 Å². The molecule has 0 saturated carbocycles. The first-order valence-electron chi connectivity index (χ1n) is 11.1. The van der Waals surface area contributed by atoms with Crippen molar-refractivity contribution in [2.24, 2.45) is 0 Å². The molecule has 8 atom stereocenters. The molecule has 3 fully saturated rings. The molecule has 4 aliphatic heterocycles. The zero-order valence-electron chi connectivity index (χ0n) is 19.7. The Hall–Kier alpha value is -1.60. The summed E-state index contributed by atoms with van der Waals surface area (Å²) in [6.07, 6.45) is -1.71. The number of ether oxygens (including phenoxy) is 9. The van der Waals surface area contributed by atoms with E-state index in [1.807, 2.05) is 13.8 Å². The Morgan fingerprint density at radius 3 is 2.33 bits per heavy atom. The monoisotopic (exact) mass is 472 g/mol. The van der Waals surface area contributed by atoms with Gasteiger partial charge in [-0.15, -0.1) is 0 Å². The van der Waals surface area contributed by atoms with Crippen molar-refractivity contribution in [1.82, 2.24) is 0 Å². The van der Waals surface area contributed by atoms with Crippen LogP contribution in [0.3, 0.4) is 0 Å². The van der Waals surface area contributed by atoms with Gasteiger partial charge in [-0.3, -0.25) is 9.59 Å². The van der Waals surface area contributed by atoms with Crippen LogP contribution in [-0.2, 0) is 52.2 Å². The van der Waals surface area contributed by atoms with E-state index in [2.05, 4.69) is 0 Å². The largest absolute Gasteiger partial charge is 0.463 e. The normalized spacial score (nSPS) is 41.0. The van der Waals surface area contributed by atoms with Crippen molar-refractivity contribution in [1.29, 1.82) is 0 Å². The van der Waals surface area contributed by atoms with Crippen molar-refractivity contribution >= 4 is 11.9 Å². The summed E-state index contributed by atoms with van der Waals surface area (Å²) in [5.74, 6) is -2.54. The molecule has 0 spiro atoms. The molecule has 33 heavy (non-hydrogen) atoms. The summed E-state index contributed by atoms with van der Waals surface area (Å²) in [4.78, 5) is 22.8. The average molecular weight is 472 g/mol. The van der Waals surface area contributed by atoms with Crippen molar-refractivity contribution in [3.63, 3.8) is 0 Å². The van der Waals surface area contributed by atoms with Crippen LogP contribution in [0.15, 0.2) is 12.2 Å². The third-order valence-electron chi connectivity index (χ3n) is 5.60. The van der Waals surface area contributed by atoms with Gasteiger partial charge in [0.05, 0.1) is 6.61 Å². The fourth-order valence-electron chi connectivity index (χ4n) is 4.33. The van der Waals surface area contributed by atoms with E-state index in [4.69, 9.17) is 42.6 Å². The highest BCUT2D eigenvalue weighted by atomic mass is 16.9. The van der Waals surface area contributed by atoms with E-state index in [1.165, 1.54) is 13.8 Å². The van der Waals surface area contributed by atoms with Gasteiger partial charge in [0.25, 0.3) is 0 Å². The van der Waals surface area contributed by atoms with Crippen molar-refractivity contribution in [2.75, 3.05) is 13.2 Å². The molecule has 3 saturated heterocycles. The topological polar surface area (TPSA) is 117 Å². The maximum Gasteiger partial charge on any atom is 0.303 e. The summed E-state index contributed by atoms with van der Waals surface area (Å²) in [6.45, 7) is 10.1. The fraction of sp³-hybridized carbons (Fsp3) is 0.818. The minimum absolute atomic E-state index is 0.103. The second-order valence-electron chi connectivity index (χ2n) is 9.34. The summed E-state index contributed by atoms with van der Waals surface area (Å²) in [5.41, 5.74) is 0. The number of carbonyl (C=O) groups excluding carboxylic acids is 2. The van der Waals surface area contributed by atoms with Crippen molar-refractivity contribution in [3.05, 3.63) is 12.2 Å². The van der Waals surface area contributed by atoms with Gasteiger partial charge in [-0.2, -0.15) is 0 Å². The van der Waals surface area contributed by atoms with Crippen LogP contribution >= 0.6 is 0 Å². The number of esters is 2. The number of rotatable bonds is 6. The molecule has 0 N–H and O–H groups in total. The van der Waals surface area contributed by atoms with Gasteiger partial charge in [0.15, 0.2) is 24.2 Å². The fourth-order valence-corrected chi connectivity index (χ4v) is 4.33. The van der Waals surface area contributed by atoms with Gasteiger partial charge >= 0.3 is 11.9 Å². The van der Waals surface area contributed by atoms with Crippen LogP contribution in [0.5, 0.6) is 0 Å². The third-order valence-corrected chi connectivity index (χ3v) is 5.60. The summed E-state index contributed by atoms with van der Waals surface area (Å²) >= 11 is 0. The third kappa shape index (κ3) is 5.73. The molecule has 186 valence electrons. The van der Waals surface area contributed by atoms with Gasteiger partial charge < -0.3 is 42.6 Å². The van der Waals surface area contributed by atoms with Crippen molar-refractivity contribution in [3.8, 4) is 0 Å². The van der Waals surface area contributed by atoms with Crippen molar-refractivity contribution < 1.29 is 52.2 Å². The maximum atomic E-state index is 11.5. The molecule has 11 heteroatoms. The predicted molar refractivity (Wildman–Crippen MR) is 108 cm³/mol. The van der Waals surface area contributed by atoms with E-state index in [0.29, 0.717) is 6.61 Å². The Morgan fingerprint density at radius 1 is 0.939 bits per heavy atom. The molecular formula is C22H32O11. The van der Waals surface area contributed by atoms with Crippen LogP contribution in [-0.4, -0.2) is 85.9 Å². The highest BCUT2D eigenvalue weighted by molar-refractivity contribution is 5.66. The lowest BCUT2D eigenvalue weighted by Crippen LogP contribution is -2.48. The van der Waals surface area contributed by atoms with Gasteiger partial charge in [0.1, 0.15) is 43.2 Å². The van der Waals surface area contributed by atoms with Crippen LogP contribution < -0.4 is 0 Å². The van der Waals surface area contributed by atoms with Crippen LogP contribution in [0.2, 0.25) is 0 Å². The van der Waals surface area contributed by atoms with Gasteiger partial charge in [-0.25, -0.2) is 0 Å². The zero-order chi connectivity index (χ0) is 24.0. The first-order valence-corrected chi connectivity index (χ1v) is 11.1. The van der Waals surface area contributed by atoms with E-state index >= 15 is 0 Å². The molecule has 0 radical (unpaired) electrons. The summed E-state index contributed by atoms with van der Waals surface area (Å²) in [7, 11) is 0. The molecule has 0 aromatic heterocycles. The lowest BCUT2D eigenvalue weighted by atomic mass is 10.1. The van der Waals surface area contributed by atoms with E-state index in [1.54, 1.807) is 26.0 Å². The second-order valence-corrected chi connectivity index (χ2v) is 9.34. The molecule has 4 rings (SSSR count). The zero-order valence-corrected chi connectivity index (χ0v) is 19.7. The van der Waals surface area contributed by atoms with Gasteiger partial charge in [-0.05, 0) is 39.8 Å². The van der Waals surface area contributed by atoms with Gasteiger partial charge in [-0.1, -0.05) is 0 Å². The Morgan fingerprint density at radius 2 is 1.70 bits per heavy atom. The Balaban J connectivity index is 1.50. The summed E-state index contributed by atoms with van der Waals surface area (Å²) in [6, 6.07) is 0. The lowest BCUT2D eigenvalue weighted by Gasteiger charge is -2.35. The highest BCUT2D eigenvalue weighted by Gasteiger charge is 2.59.